The number of hydrogen-bond donors (Lipinski definition) is 0. The van der Waals surface area contributed by atoms with Gasteiger partial charge in [0.15, 0.2) is 0 Å². The van der Waals surface area contributed by atoms with Crippen molar-refractivity contribution in [3.63, 3.8) is 0 Å². The zero-order valence-electron chi connectivity index (χ0n) is 15.4. The van der Waals surface area contributed by atoms with Crippen LogP contribution in [0.1, 0.15) is 40.6 Å². The highest BCUT2D eigenvalue weighted by Crippen LogP contribution is 2.35. The molecule has 1 saturated heterocycles. The van der Waals surface area contributed by atoms with Gasteiger partial charge in [0, 0.05) is 24.6 Å². The van der Waals surface area contributed by atoms with Crippen molar-refractivity contribution in [3.8, 4) is 11.4 Å². The van der Waals surface area contributed by atoms with Crippen molar-refractivity contribution in [3.05, 3.63) is 69.5 Å². The van der Waals surface area contributed by atoms with E-state index in [1.807, 2.05) is 36.1 Å². The number of rotatable bonds is 3. The number of aryl methyl sites for hydroxylation is 1. The summed E-state index contributed by atoms with van der Waals surface area (Å²) in [7, 11) is 0. The van der Waals surface area contributed by atoms with E-state index in [-0.39, 0.29) is 11.8 Å². The first-order valence-corrected chi connectivity index (χ1v) is 9.92. The molecule has 0 unspecified atom stereocenters. The molecule has 0 saturated carbocycles. The Hall–Kier alpha value is -2.37. The van der Waals surface area contributed by atoms with Crippen molar-refractivity contribution < 1.29 is 9.32 Å². The summed E-state index contributed by atoms with van der Waals surface area (Å²) in [5, 5.41) is 5.03. The van der Waals surface area contributed by atoms with Crippen LogP contribution in [0.4, 0.5) is 0 Å². The van der Waals surface area contributed by atoms with E-state index in [0.29, 0.717) is 40.4 Å². The maximum Gasteiger partial charge on any atom is 0.253 e. The molecule has 1 amide bonds. The van der Waals surface area contributed by atoms with Gasteiger partial charge in [-0.25, -0.2) is 0 Å². The van der Waals surface area contributed by atoms with E-state index in [0.717, 1.165) is 24.0 Å². The number of amides is 1. The van der Waals surface area contributed by atoms with E-state index in [4.69, 9.17) is 27.7 Å². The van der Waals surface area contributed by atoms with Crippen LogP contribution in [-0.2, 0) is 0 Å². The summed E-state index contributed by atoms with van der Waals surface area (Å²) in [4.78, 5) is 19.1. The fourth-order valence-electron chi connectivity index (χ4n) is 3.42. The number of likely N-dealkylation sites (tertiary alicyclic amines) is 1. The lowest BCUT2D eigenvalue weighted by molar-refractivity contribution is 0.0704. The van der Waals surface area contributed by atoms with Gasteiger partial charge in [0.05, 0.1) is 15.6 Å². The molecule has 0 atom stereocenters. The van der Waals surface area contributed by atoms with Crippen molar-refractivity contribution in [2.24, 2.45) is 0 Å². The molecule has 1 aromatic heterocycles. The largest absolute Gasteiger partial charge is 0.339 e. The van der Waals surface area contributed by atoms with Crippen LogP contribution in [0.3, 0.4) is 0 Å². The number of hydrogen-bond acceptors (Lipinski definition) is 4. The van der Waals surface area contributed by atoms with Crippen LogP contribution in [0.2, 0.25) is 10.0 Å². The number of aromatic nitrogens is 2. The molecule has 4 rings (SSSR count). The van der Waals surface area contributed by atoms with Crippen molar-refractivity contribution >= 4 is 29.1 Å². The van der Waals surface area contributed by atoms with Gasteiger partial charge < -0.3 is 9.42 Å². The van der Waals surface area contributed by atoms with Crippen LogP contribution in [0.15, 0.2) is 47.0 Å². The van der Waals surface area contributed by atoms with Crippen molar-refractivity contribution in [2.45, 2.75) is 25.7 Å². The average Bonchev–Trinajstić information content (AvgIpc) is 3.18. The summed E-state index contributed by atoms with van der Waals surface area (Å²) in [5.41, 5.74) is 2.44. The fraction of sp³-hybridized carbons (Fsp3) is 0.286. The van der Waals surface area contributed by atoms with Crippen molar-refractivity contribution in [2.75, 3.05) is 13.1 Å². The van der Waals surface area contributed by atoms with Gasteiger partial charge in [-0.3, -0.25) is 4.79 Å². The molecule has 1 fully saturated rings. The van der Waals surface area contributed by atoms with Gasteiger partial charge >= 0.3 is 0 Å². The second-order valence-electron chi connectivity index (χ2n) is 6.99. The van der Waals surface area contributed by atoms with Gasteiger partial charge in [-0.05, 0) is 44.0 Å². The topological polar surface area (TPSA) is 59.2 Å². The van der Waals surface area contributed by atoms with Gasteiger partial charge in [0.1, 0.15) is 0 Å². The number of piperidine rings is 1. The monoisotopic (exact) mass is 415 g/mol. The van der Waals surface area contributed by atoms with Crippen molar-refractivity contribution in [1.29, 1.82) is 0 Å². The first-order chi connectivity index (χ1) is 13.5. The SMILES string of the molecule is Cc1ccc(C(=O)N2CCC(c3nc(-c4c(Cl)cccc4Cl)no3)CC2)cc1. The lowest BCUT2D eigenvalue weighted by Crippen LogP contribution is -2.38. The predicted molar refractivity (Wildman–Crippen MR) is 109 cm³/mol. The van der Waals surface area contributed by atoms with Crippen LogP contribution in [-0.4, -0.2) is 34.0 Å². The zero-order valence-corrected chi connectivity index (χ0v) is 16.9. The average molecular weight is 416 g/mol. The minimum Gasteiger partial charge on any atom is -0.339 e. The summed E-state index contributed by atoms with van der Waals surface area (Å²) in [5.74, 6) is 1.13. The van der Waals surface area contributed by atoms with Crippen LogP contribution in [0, 0.1) is 6.92 Å². The molecule has 2 aromatic carbocycles. The fourth-order valence-corrected chi connectivity index (χ4v) is 3.99. The third-order valence-electron chi connectivity index (χ3n) is 5.06. The van der Waals surface area contributed by atoms with Crippen LogP contribution in [0.25, 0.3) is 11.4 Å². The molecule has 3 aromatic rings. The Morgan fingerprint density at radius 3 is 2.36 bits per heavy atom. The second-order valence-corrected chi connectivity index (χ2v) is 7.80. The molecule has 1 aliphatic rings. The van der Waals surface area contributed by atoms with E-state index in [2.05, 4.69) is 10.1 Å². The summed E-state index contributed by atoms with van der Waals surface area (Å²) in [6.45, 7) is 3.32. The standard InChI is InChI=1S/C21H19Cl2N3O2/c1-13-5-7-15(8-6-13)21(27)26-11-9-14(10-12-26)20-24-19(25-28-20)18-16(22)3-2-4-17(18)23/h2-8,14H,9-12H2,1H3. The number of halogens is 2. The van der Waals surface area contributed by atoms with Gasteiger partial charge in [-0.15, -0.1) is 0 Å². The molecule has 7 heteroatoms. The number of carbonyl (C=O) groups excluding carboxylic acids is 1. The van der Waals surface area contributed by atoms with Gasteiger partial charge in [-0.1, -0.05) is 52.1 Å². The number of benzene rings is 2. The predicted octanol–water partition coefficient (Wildman–Crippen LogP) is 5.37. The molecule has 0 radical (unpaired) electrons. The third-order valence-corrected chi connectivity index (χ3v) is 5.69. The Bertz CT molecular complexity index is 973. The Kier molecular flexibility index (Phi) is 5.38. The lowest BCUT2D eigenvalue weighted by atomic mass is 9.96. The van der Waals surface area contributed by atoms with Gasteiger partial charge in [0.25, 0.3) is 5.91 Å². The van der Waals surface area contributed by atoms with Crippen LogP contribution in [0.5, 0.6) is 0 Å². The lowest BCUT2D eigenvalue weighted by Gasteiger charge is -2.30. The number of nitrogens with zero attached hydrogens (tertiary/aromatic N) is 3. The first-order valence-electron chi connectivity index (χ1n) is 9.17. The smallest absolute Gasteiger partial charge is 0.253 e. The quantitative estimate of drug-likeness (QED) is 0.576. The summed E-state index contributed by atoms with van der Waals surface area (Å²) >= 11 is 12.5. The van der Waals surface area contributed by atoms with E-state index in [1.54, 1.807) is 18.2 Å². The Balaban J connectivity index is 1.44. The molecule has 0 spiro atoms. The zero-order chi connectivity index (χ0) is 19.7. The number of carbonyl (C=O) groups is 1. The maximum atomic E-state index is 12.7. The highest BCUT2D eigenvalue weighted by atomic mass is 35.5. The minimum absolute atomic E-state index is 0.0625. The first kappa shape index (κ1) is 19.0. The van der Waals surface area contributed by atoms with E-state index < -0.39 is 0 Å². The molecule has 0 aliphatic carbocycles. The van der Waals surface area contributed by atoms with Gasteiger partial charge in [0.2, 0.25) is 11.7 Å². The highest BCUT2D eigenvalue weighted by Gasteiger charge is 2.28. The third kappa shape index (κ3) is 3.77. The molecule has 0 bridgehead atoms. The summed E-state index contributed by atoms with van der Waals surface area (Å²) < 4.78 is 5.48. The minimum atomic E-state index is 0.0625. The molecular weight excluding hydrogens is 397 g/mol. The molecular formula is C21H19Cl2N3O2. The summed E-state index contributed by atoms with van der Waals surface area (Å²) in [6.07, 6.45) is 1.55. The Morgan fingerprint density at radius 1 is 1.07 bits per heavy atom. The molecule has 1 aliphatic heterocycles. The second kappa shape index (κ2) is 7.94. The normalized spacial score (nSPS) is 15.0. The molecule has 144 valence electrons. The summed E-state index contributed by atoms with van der Waals surface area (Å²) in [6, 6.07) is 12.9. The molecule has 28 heavy (non-hydrogen) atoms. The maximum absolute atomic E-state index is 12.7. The highest BCUT2D eigenvalue weighted by molar-refractivity contribution is 6.38. The molecule has 2 heterocycles. The Morgan fingerprint density at radius 2 is 1.71 bits per heavy atom. The van der Waals surface area contributed by atoms with E-state index in [9.17, 15) is 4.79 Å². The van der Waals surface area contributed by atoms with E-state index >= 15 is 0 Å². The van der Waals surface area contributed by atoms with E-state index in [1.165, 1.54) is 0 Å². The van der Waals surface area contributed by atoms with Crippen LogP contribution < -0.4 is 0 Å². The van der Waals surface area contributed by atoms with Crippen molar-refractivity contribution in [1.82, 2.24) is 15.0 Å². The molecule has 5 nitrogen and oxygen atoms in total. The Labute approximate surface area is 173 Å². The van der Waals surface area contributed by atoms with Gasteiger partial charge in [-0.2, -0.15) is 4.98 Å². The molecule has 0 N–H and O–H groups in total. The van der Waals surface area contributed by atoms with Crippen LogP contribution >= 0.6 is 23.2 Å².